The number of amides is 5. The Morgan fingerprint density at radius 1 is 1.14 bits per heavy atom. The molecule has 202 valence electrons. The first kappa shape index (κ1) is 30.6. The molecule has 1 rings (SSSR count). The fourth-order valence-electron chi connectivity index (χ4n) is 3.81. The zero-order chi connectivity index (χ0) is 27.8. The van der Waals surface area contributed by atoms with Gasteiger partial charge < -0.3 is 31.3 Å². The van der Waals surface area contributed by atoms with Crippen LogP contribution < -0.4 is 21.7 Å². The van der Waals surface area contributed by atoms with Crippen LogP contribution in [0.25, 0.3) is 0 Å². The van der Waals surface area contributed by atoms with Crippen LogP contribution >= 0.6 is 0 Å². The lowest BCUT2D eigenvalue weighted by Crippen LogP contribution is -2.61. The van der Waals surface area contributed by atoms with Crippen molar-refractivity contribution in [2.24, 2.45) is 23.0 Å². The highest BCUT2D eigenvalue weighted by Gasteiger charge is 2.45. The average molecular weight is 510 g/mol. The molecule has 5 amide bonds. The van der Waals surface area contributed by atoms with E-state index < -0.39 is 65.6 Å². The van der Waals surface area contributed by atoms with Gasteiger partial charge in [0, 0.05) is 6.54 Å². The number of primary amides is 1. The van der Waals surface area contributed by atoms with Crippen LogP contribution in [-0.4, -0.2) is 78.2 Å². The average Bonchev–Trinajstić information content (AvgIpc) is 3.17. The highest BCUT2D eigenvalue weighted by atomic mass is 16.5. The number of nitrogens with zero attached hydrogens (tertiary/aromatic N) is 1. The molecule has 12 nitrogen and oxygen atoms in total. The molecule has 1 heterocycles. The smallest absolute Gasteiger partial charge is 0.329 e. The highest BCUT2D eigenvalue weighted by Crippen LogP contribution is 2.29. The number of ketones is 1. The molecule has 1 aliphatic heterocycles. The molecular formula is C24H39N5O7. The molecule has 0 spiro atoms. The number of nitrogens with one attached hydrogen (secondary N) is 3. The molecule has 0 bridgehead atoms. The van der Waals surface area contributed by atoms with Crippen LogP contribution in [0.15, 0.2) is 12.7 Å². The molecule has 36 heavy (non-hydrogen) atoms. The van der Waals surface area contributed by atoms with Crippen molar-refractivity contribution < 1.29 is 33.5 Å². The van der Waals surface area contributed by atoms with Crippen LogP contribution in [0.1, 0.15) is 48.0 Å². The van der Waals surface area contributed by atoms with Gasteiger partial charge in [0.15, 0.2) is 0 Å². The molecule has 5 N–H and O–H groups in total. The standard InChI is InChI=1S/C24H39N5O7/c1-8-11-36-22(34)16(13(2)3)27-23(35)28-18(24(5,6)7)21(33)29-10-9-14(4)17(29)20(32)26-12-15(30)19(25)31/h8,13-14,16-18H,1,9-12H2,2-7H3,(H2,25,31)(H,26,32)(H2,27,28,35)/t14-,16-,17-,18+/m0/s1. The molecule has 0 saturated carbocycles. The largest absolute Gasteiger partial charge is 0.460 e. The van der Waals surface area contributed by atoms with E-state index in [9.17, 15) is 28.8 Å². The summed E-state index contributed by atoms with van der Waals surface area (Å²) in [6.07, 6.45) is 1.94. The van der Waals surface area contributed by atoms with Crippen molar-refractivity contribution in [3.8, 4) is 0 Å². The molecule has 0 aliphatic carbocycles. The molecule has 1 saturated heterocycles. The molecule has 4 atom stereocenters. The molecule has 0 aromatic rings. The third-order valence-electron chi connectivity index (χ3n) is 5.89. The lowest BCUT2D eigenvalue weighted by Gasteiger charge is -2.36. The normalized spacial score (nSPS) is 19.1. The second kappa shape index (κ2) is 13.0. The van der Waals surface area contributed by atoms with Gasteiger partial charge in [0.2, 0.25) is 17.6 Å². The van der Waals surface area contributed by atoms with Crippen LogP contribution in [0.2, 0.25) is 0 Å². The summed E-state index contributed by atoms with van der Waals surface area (Å²) in [5, 5.41) is 7.59. The van der Waals surface area contributed by atoms with Gasteiger partial charge in [-0.15, -0.1) is 0 Å². The maximum atomic E-state index is 13.6. The number of Topliss-reactive ketones (excluding diaryl/α,β-unsaturated/α-hetero) is 1. The van der Waals surface area contributed by atoms with Gasteiger partial charge in [0.25, 0.3) is 5.91 Å². The number of hydrogen-bond acceptors (Lipinski definition) is 7. The summed E-state index contributed by atoms with van der Waals surface area (Å²) < 4.78 is 5.05. The van der Waals surface area contributed by atoms with Crippen LogP contribution in [0.4, 0.5) is 4.79 Å². The zero-order valence-electron chi connectivity index (χ0n) is 21.9. The van der Waals surface area contributed by atoms with Crippen molar-refractivity contribution in [2.75, 3.05) is 19.7 Å². The van der Waals surface area contributed by atoms with Crippen molar-refractivity contribution in [3.63, 3.8) is 0 Å². The van der Waals surface area contributed by atoms with Crippen LogP contribution in [0.3, 0.4) is 0 Å². The second-order valence-corrected chi connectivity index (χ2v) is 10.3. The SMILES string of the molecule is C=CCOC(=O)[C@@H](NC(=O)N[C@H](C(=O)N1CC[C@H](C)[C@H]1C(=O)NCC(=O)C(N)=O)C(C)(C)C)C(C)C. The lowest BCUT2D eigenvalue weighted by molar-refractivity contribution is -0.145. The maximum Gasteiger partial charge on any atom is 0.329 e. The Morgan fingerprint density at radius 2 is 1.75 bits per heavy atom. The van der Waals surface area contributed by atoms with Gasteiger partial charge in [-0.1, -0.05) is 54.2 Å². The van der Waals surface area contributed by atoms with E-state index in [4.69, 9.17) is 10.5 Å². The van der Waals surface area contributed by atoms with E-state index in [1.807, 2.05) is 0 Å². The first-order valence-corrected chi connectivity index (χ1v) is 11.9. The Kier molecular flexibility index (Phi) is 11.1. The minimum absolute atomic E-state index is 0.00388. The van der Waals surface area contributed by atoms with Crippen molar-refractivity contribution >= 4 is 35.5 Å². The van der Waals surface area contributed by atoms with E-state index in [1.54, 1.807) is 41.5 Å². The number of nitrogens with two attached hydrogens (primary N) is 1. The van der Waals surface area contributed by atoms with E-state index >= 15 is 0 Å². The minimum atomic E-state index is -1.17. The Morgan fingerprint density at radius 3 is 2.25 bits per heavy atom. The summed E-state index contributed by atoms with van der Waals surface area (Å²) in [5.41, 5.74) is 4.17. The fourth-order valence-corrected chi connectivity index (χ4v) is 3.81. The van der Waals surface area contributed by atoms with Gasteiger partial charge in [-0.3, -0.25) is 19.2 Å². The summed E-state index contributed by atoms with van der Waals surface area (Å²) in [4.78, 5) is 75.4. The van der Waals surface area contributed by atoms with E-state index in [1.165, 1.54) is 11.0 Å². The van der Waals surface area contributed by atoms with Crippen molar-refractivity contribution in [1.82, 2.24) is 20.9 Å². The molecule has 12 heteroatoms. The van der Waals surface area contributed by atoms with Gasteiger partial charge >= 0.3 is 12.0 Å². The fraction of sp³-hybridized carbons (Fsp3) is 0.667. The number of urea groups is 1. The molecule has 1 aliphatic rings. The van der Waals surface area contributed by atoms with Gasteiger partial charge in [-0.05, 0) is 23.7 Å². The van der Waals surface area contributed by atoms with Crippen molar-refractivity contribution in [1.29, 1.82) is 0 Å². The summed E-state index contributed by atoms with van der Waals surface area (Å²) in [6.45, 7) is 13.7. The Bertz CT molecular complexity index is 881. The van der Waals surface area contributed by atoms with E-state index in [0.717, 1.165) is 0 Å². The Hall–Kier alpha value is -3.44. The van der Waals surface area contributed by atoms with Crippen molar-refractivity contribution in [3.05, 3.63) is 12.7 Å². The third-order valence-corrected chi connectivity index (χ3v) is 5.89. The van der Waals surface area contributed by atoms with E-state index in [-0.39, 0.29) is 25.0 Å². The topological polar surface area (TPSA) is 177 Å². The number of esters is 1. The van der Waals surface area contributed by atoms with E-state index in [0.29, 0.717) is 6.42 Å². The van der Waals surface area contributed by atoms with Crippen molar-refractivity contribution in [2.45, 2.75) is 66.1 Å². The number of carbonyl (C=O) groups is 6. The zero-order valence-corrected chi connectivity index (χ0v) is 21.9. The monoisotopic (exact) mass is 509 g/mol. The number of carbonyl (C=O) groups excluding carboxylic acids is 6. The Labute approximate surface area is 211 Å². The Balaban J connectivity index is 3.04. The first-order chi connectivity index (χ1) is 16.6. The number of ether oxygens (including phenoxy) is 1. The predicted octanol–water partition coefficient (Wildman–Crippen LogP) is -0.138. The quantitative estimate of drug-likeness (QED) is 0.170. The summed E-state index contributed by atoms with van der Waals surface area (Å²) in [6, 6.07) is -3.63. The molecule has 0 aromatic carbocycles. The number of hydrogen-bond donors (Lipinski definition) is 4. The van der Waals surface area contributed by atoms with Crippen LogP contribution in [-0.2, 0) is 28.7 Å². The molecule has 1 fully saturated rings. The third kappa shape index (κ3) is 8.35. The minimum Gasteiger partial charge on any atom is -0.460 e. The predicted molar refractivity (Wildman–Crippen MR) is 131 cm³/mol. The molecule has 0 aromatic heterocycles. The first-order valence-electron chi connectivity index (χ1n) is 11.9. The van der Waals surface area contributed by atoms with Crippen LogP contribution in [0.5, 0.6) is 0 Å². The van der Waals surface area contributed by atoms with E-state index in [2.05, 4.69) is 22.5 Å². The molecule has 0 unspecified atom stereocenters. The van der Waals surface area contributed by atoms with Gasteiger partial charge in [0.1, 0.15) is 24.7 Å². The van der Waals surface area contributed by atoms with Gasteiger partial charge in [-0.25, -0.2) is 9.59 Å². The number of likely N-dealkylation sites (tertiary alicyclic amines) is 1. The summed E-state index contributed by atoms with van der Waals surface area (Å²) >= 11 is 0. The highest BCUT2D eigenvalue weighted by molar-refractivity contribution is 6.36. The summed E-state index contributed by atoms with van der Waals surface area (Å²) in [5.74, 6) is -4.34. The second-order valence-electron chi connectivity index (χ2n) is 10.3. The van der Waals surface area contributed by atoms with Gasteiger partial charge in [-0.2, -0.15) is 0 Å². The number of rotatable bonds is 11. The maximum absolute atomic E-state index is 13.6. The van der Waals surface area contributed by atoms with Gasteiger partial charge in [0.05, 0.1) is 6.54 Å². The molecular weight excluding hydrogens is 470 g/mol. The summed E-state index contributed by atoms with van der Waals surface area (Å²) in [7, 11) is 0. The lowest BCUT2D eigenvalue weighted by atomic mass is 9.85. The van der Waals surface area contributed by atoms with Crippen LogP contribution in [0, 0.1) is 17.3 Å². The molecule has 0 radical (unpaired) electrons.